The number of rotatable bonds is 2. The lowest BCUT2D eigenvalue weighted by Gasteiger charge is -2.15. The Morgan fingerprint density at radius 2 is 1.88 bits per heavy atom. The van der Waals surface area contributed by atoms with E-state index in [1.165, 1.54) is 35.7 Å². The molecule has 2 aromatic rings. The molecule has 1 amide bonds. The molecule has 7 heteroatoms. The molecular weight excluding hydrogens is 369 g/mol. The predicted molar refractivity (Wildman–Crippen MR) is 106 cm³/mol. The molecule has 0 atom stereocenters. The number of amides is 1. The van der Waals surface area contributed by atoms with Gasteiger partial charge in [0.05, 0.1) is 16.4 Å². The maximum absolute atomic E-state index is 13.6. The van der Waals surface area contributed by atoms with Gasteiger partial charge in [0.1, 0.15) is 10.7 Å². The van der Waals surface area contributed by atoms with Crippen molar-refractivity contribution in [2.24, 2.45) is 4.99 Å². The van der Waals surface area contributed by atoms with Crippen LogP contribution in [0, 0.1) is 5.82 Å². The number of carbonyl (C=O) groups is 1. The fourth-order valence-electron chi connectivity index (χ4n) is 2.83. The maximum atomic E-state index is 13.6. The Kier molecular flexibility index (Phi) is 4.50. The molecule has 1 saturated heterocycles. The van der Waals surface area contributed by atoms with Gasteiger partial charge in [0.15, 0.2) is 5.17 Å². The molecule has 2 aliphatic rings. The van der Waals surface area contributed by atoms with Crippen LogP contribution in [0.3, 0.4) is 0 Å². The monoisotopic (exact) mass is 385 g/mol. The summed E-state index contributed by atoms with van der Waals surface area (Å²) in [6.45, 7) is 2.48. The summed E-state index contributed by atoms with van der Waals surface area (Å²) < 4.78 is 13.6. The highest BCUT2D eigenvalue weighted by Crippen LogP contribution is 2.50. The van der Waals surface area contributed by atoms with Crippen molar-refractivity contribution < 1.29 is 9.18 Å². The van der Waals surface area contributed by atoms with Gasteiger partial charge in [0.2, 0.25) is 0 Å². The third-order valence-electron chi connectivity index (χ3n) is 4.15. The average Bonchev–Trinajstić information content (AvgIpc) is 3.12. The molecule has 0 spiro atoms. The lowest BCUT2D eigenvalue weighted by Crippen LogP contribution is -2.29. The fourth-order valence-corrected chi connectivity index (χ4v) is 5.22. The number of amidine groups is 1. The normalized spacial score (nSPS) is 21.0. The summed E-state index contributed by atoms with van der Waals surface area (Å²) in [5.41, 5.74) is 1.59. The van der Waals surface area contributed by atoms with Crippen LogP contribution in [-0.2, 0) is 4.79 Å². The molecule has 26 heavy (non-hydrogen) atoms. The van der Waals surface area contributed by atoms with E-state index in [-0.39, 0.29) is 11.7 Å². The van der Waals surface area contributed by atoms with Crippen molar-refractivity contribution >= 4 is 46.0 Å². The van der Waals surface area contributed by atoms with Crippen LogP contribution in [0.2, 0.25) is 0 Å². The number of nitrogens with zero attached hydrogens (tertiary/aromatic N) is 3. The molecule has 132 valence electrons. The molecule has 0 aliphatic carbocycles. The molecule has 2 aromatic carbocycles. The summed E-state index contributed by atoms with van der Waals surface area (Å²) in [7, 11) is 1.86. The number of fused-ring (bicyclic) bond motifs is 1. The van der Waals surface area contributed by atoms with Crippen LogP contribution >= 0.6 is 23.5 Å². The highest BCUT2D eigenvalue weighted by Gasteiger charge is 2.38. The SMILES string of the molecule is CCN1C(=O)/C(=C2\Sc3ccc(F)cc3N2C)SC1=Nc1ccccc1. The van der Waals surface area contributed by atoms with Gasteiger partial charge in [-0.1, -0.05) is 30.0 Å². The van der Waals surface area contributed by atoms with Gasteiger partial charge >= 0.3 is 0 Å². The van der Waals surface area contributed by atoms with Crippen LogP contribution in [0.1, 0.15) is 6.92 Å². The Labute approximate surface area is 159 Å². The van der Waals surface area contributed by atoms with Crippen LogP contribution in [0.25, 0.3) is 0 Å². The van der Waals surface area contributed by atoms with Crippen LogP contribution in [-0.4, -0.2) is 29.6 Å². The Morgan fingerprint density at radius 3 is 2.62 bits per heavy atom. The van der Waals surface area contributed by atoms with Crippen molar-refractivity contribution in [3.05, 3.63) is 64.3 Å². The minimum atomic E-state index is -0.283. The summed E-state index contributed by atoms with van der Waals surface area (Å²) in [5, 5.41) is 1.49. The number of benzene rings is 2. The van der Waals surface area contributed by atoms with E-state index >= 15 is 0 Å². The highest BCUT2D eigenvalue weighted by atomic mass is 32.2. The molecule has 1 fully saturated rings. The summed E-state index contributed by atoms with van der Waals surface area (Å²) in [4.78, 5) is 22.7. The van der Waals surface area contributed by atoms with E-state index < -0.39 is 0 Å². The van der Waals surface area contributed by atoms with Gasteiger partial charge in [0.25, 0.3) is 5.91 Å². The number of halogens is 1. The number of para-hydroxylation sites is 1. The van der Waals surface area contributed by atoms with Crippen molar-refractivity contribution in [1.29, 1.82) is 0 Å². The topological polar surface area (TPSA) is 35.9 Å². The van der Waals surface area contributed by atoms with E-state index in [0.29, 0.717) is 16.6 Å². The van der Waals surface area contributed by atoms with Crippen LogP contribution in [0.15, 0.2) is 68.4 Å². The zero-order valence-corrected chi connectivity index (χ0v) is 15.9. The van der Waals surface area contributed by atoms with Crippen LogP contribution in [0.5, 0.6) is 0 Å². The smallest absolute Gasteiger partial charge is 0.269 e. The second-order valence-electron chi connectivity index (χ2n) is 5.79. The van der Waals surface area contributed by atoms with Gasteiger partial charge in [-0.05, 0) is 49.0 Å². The van der Waals surface area contributed by atoms with E-state index in [0.717, 1.165) is 21.3 Å². The first-order chi connectivity index (χ1) is 12.6. The van der Waals surface area contributed by atoms with Crippen molar-refractivity contribution in [3.8, 4) is 0 Å². The van der Waals surface area contributed by atoms with Gasteiger partial charge in [-0.25, -0.2) is 9.38 Å². The van der Waals surface area contributed by atoms with Gasteiger partial charge < -0.3 is 4.90 Å². The van der Waals surface area contributed by atoms with Crippen molar-refractivity contribution in [2.75, 3.05) is 18.5 Å². The number of anilines is 1. The molecule has 0 aromatic heterocycles. The van der Waals surface area contributed by atoms with E-state index in [1.807, 2.05) is 49.2 Å². The van der Waals surface area contributed by atoms with Crippen molar-refractivity contribution in [1.82, 2.24) is 4.90 Å². The molecule has 2 heterocycles. The van der Waals surface area contributed by atoms with Crippen molar-refractivity contribution in [2.45, 2.75) is 11.8 Å². The molecule has 4 nitrogen and oxygen atoms in total. The Morgan fingerprint density at radius 1 is 1.12 bits per heavy atom. The Balaban J connectivity index is 1.73. The molecular formula is C19H16FN3OS2. The molecule has 2 aliphatic heterocycles. The second kappa shape index (κ2) is 6.81. The lowest BCUT2D eigenvalue weighted by molar-refractivity contribution is -0.122. The molecule has 0 N–H and O–H groups in total. The van der Waals surface area contributed by atoms with E-state index in [1.54, 1.807) is 11.0 Å². The van der Waals surface area contributed by atoms with Gasteiger partial charge in [-0.2, -0.15) is 0 Å². The molecule has 0 radical (unpaired) electrons. The first kappa shape index (κ1) is 17.2. The summed E-state index contributed by atoms with van der Waals surface area (Å²) in [5.74, 6) is -0.343. The molecule has 0 saturated carbocycles. The quantitative estimate of drug-likeness (QED) is 0.695. The number of hydrogen-bond acceptors (Lipinski definition) is 5. The predicted octanol–water partition coefficient (Wildman–Crippen LogP) is 4.82. The number of hydrogen-bond donors (Lipinski definition) is 0. The number of likely N-dealkylation sites (N-methyl/N-ethyl adjacent to an activating group) is 1. The Hall–Kier alpha value is -2.25. The average molecular weight is 385 g/mol. The highest BCUT2D eigenvalue weighted by molar-refractivity contribution is 8.19. The minimum absolute atomic E-state index is 0.0604. The minimum Gasteiger partial charge on any atom is -0.337 e. The second-order valence-corrected chi connectivity index (χ2v) is 7.80. The van der Waals surface area contributed by atoms with Crippen molar-refractivity contribution in [3.63, 3.8) is 0 Å². The van der Waals surface area contributed by atoms with Gasteiger partial charge in [-0.3, -0.25) is 9.69 Å². The molecule has 4 rings (SSSR count). The fraction of sp³-hybridized carbons (Fsp3) is 0.158. The lowest BCUT2D eigenvalue weighted by atomic mass is 10.3. The largest absolute Gasteiger partial charge is 0.337 e. The summed E-state index contributed by atoms with van der Waals surface area (Å²) in [6, 6.07) is 14.3. The van der Waals surface area contributed by atoms with Gasteiger partial charge in [0, 0.05) is 18.5 Å². The van der Waals surface area contributed by atoms with E-state index in [4.69, 9.17) is 0 Å². The zero-order chi connectivity index (χ0) is 18.3. The first-order valence-corrected chi connectivity index (χ1v) is 9.80. The number of thioether (sulfide) groups is 2. The summed E-state index contributed by atoms with van der Waals surface area (Å²) in [6.07, 6.45) is 0. The van der Waals surface area contributed by atoms with E-state index in [9.17, 15) is 9.18 Å². The standard InChI is InChI=1S/C19H16FN3OS2/c1-3-23-17(24)16(26-19(23)21-13-7-5-4-6-8-13)18-22(2)14-11-12(20)9-10-15(14)25-18/h4-11H,3H2,1-2H3/b18-16+,21-19?. The first-order valence-electron chi connectivity index (χ1n) is 8.17. The summed E-state index contributed by atoms with van der Waals surface area (Å²) >= 11 is 2.86. The maximum Gasteiger partial charge on any atom is 0.269 e. The van der Waals surface area contributed by atoms with E-state index in [2.05, 4.69) is 4.99 Å². The molecule has 0 unspecified atom stereocenters. The zero-order valence-electron chi connectivity index (χ0n) is 14.3. The number of aliphatic imine (C=N–C) groups is 1. The van der Waals surface area contributed by atoms with Crippen LogP contribution in [0.4, 0.5) is 15.8 Å². The third-order valence-corrected chi connectivity index (χ3v) is 6.58. The third kappa shape index (κ3) is 2.91. The molecule has 0 bridgehead atoms. The number of carbonyl (C=O) groups excluding carboxylic acids is 1. The Bertz CT molecular complexity index is 943. The van der Waals surface area contributed by atoms with Crippen LogP contribution < -0.4 is 4.90 Å². The van der Waals surface area contributed by atoms with Gasteiger partial charge in [-0.15, -0.1) is 0 Å².